The van der Waals surface area contributed by atoms with Crippen LogP contribution in [0.1, 0.15) is 11.1 Å². The van der Waals surface area contributed by atoms with Crippen LogP contribution in [0.2, 0.25) is 0 Å². The first-order valence-corrected chi connectivity index (χ1v) is 5.98. The molecule has 0 saturated carbocycles. The molecule has 0 saturated heterocycles. The average molecular weight is 311 g/mol. The molecule has 0 unspecified atom stereocenters. The van der Waals surface area contributed by atoms with Gasteiger partial charge >= 0.3 is 0 Å². The number of aryl methyl sites for hydroxylation is 2. The Morgan fingerprint density at radius 1 is 0.889 bits per heavy atom. The molecule has 0 atom stereocenters. The zero-order valence-corrected chi connectivity index (χ0v) is 13.2. The molecule has 0 amide bonds. The van der Waals surface area contributed by atoms with Crippen molar-refractivity contribution in [2.45, 2.75) is 13.8 Å². The summed E-state index contributed by atoms with van der Waals surface area (Å²) in [6.07, 6.45) is 0. The fraction of sp³-hybridized carbons (Fsp3) is 0.118. The summed E-state index contributed by atoms with van der Waals surface area (Å²) in [7, 11) is 0. The molecule has 3 aromatic rings. The Hall–Kier alpha value is -1.07. The van der Waals surface area contributed by atoms with Crippen LogP contribution in [0.3, 0.4) is 0 Å². The van der Waals surface area contributed by atoms with E-state index in [1.165, 1.54) is 33.0 Å². The quantitative estimate of drug-likeness (QED) is 0.564. The zero-order valence-electron chi connectivity index (χ0n) is 10.7. The van der Waals surface area contributed by atoms with Crippen molar-refractivity contribution >= 4 is 10.8 Å². The first-order valence-electron chi connectivity index (χ1n) is 5.98. The molecule has 0 aromatic heterocycles. The van der Waals surface area contributed by atoms with Crippen LogP contribution >= 0.6 is 0 Å². The number of hydrogen-bond acceptors (Lipinski definition) is 0. The van der Waals surface area contributed by atoms with Gasteiger partial charge in [-0.1, -0.05) is 55.8 Å². The van der Waals surface area contributed by atoms with Gasteiger partial charge in [-0.2, -0.15) is 6.07 Å². The van der Waals surface area contributed by atoms with E-state index in [0.29, 0.717) is 0 Å². The van der Waals surface area contributed by atoms with Gasteiger partial charge < -0.3 is 0 Å². The standard InChI is InChI=1S/C17H15.Zr/c1-12-10-16-13(2)8-9-15(17(16)11-12)14-6-4-3-5-7-14;/h3-11H,1-2H3;/q-1;. The van der Waals surface area contributed by atoms with Crippen molar-refractivity contribution in [3.8, 4) is 11.1 Å². The average Bonchev–Trinajstić information content (AvgIpc) is 2.73. The van der Waals surface area contributed by atoms with Crippen LogP contribution in [-0.4, -0.2) is 0 Å². The summed E-state index contributed by atoms with van der Waals surface area (Å²) in [5.41, 5.74) is 5.32. The predicted molar refractivity (Wildman–Crippen MR) is 74.5 cm³/mol. The minimum atomic E-state index is 0. The van der Waals surface area contributed by atoms with Crippen LogP contribution in [-0.2, 0) is 26.2 Å². The van der Waals surface area contributed by atoms with Gasteiger partial charge in [-0.15, -0.1) is 34.0 Å². The second-order valence-corrected chi connectivity index (χ2v) is 4.66. The first-order chi connectivity index (χ1) is 8.25. The Morgan fingerprint density at radius 3 is 2.33 bits per heavy atom. The van der Waals surface area contributed by atoms with E-state index in [9.17, 15) is 0 Å². The molecule has 0 aliphatic heterocycles. The van der Waals surface area contributed by atoms with Crippen LogP contribution < -0.4 is 0 Å². The molecule has 0 N–H and O–H groups in total. The molecular weight excluding hydrogens is 295 g/mol. The van der Waals surface area contributed by atoms with Crippen molar-refractivity contribution in [2.75, 3.05) is 0 Å². The van der Waals surface area contributed by atoms with E-state index in [1.54, 1.807) is 0 Å². The predicted octanol–water partition coefficient (Wildman–Crippen LogP) is 4.84. The van der Waals surface area contributed by atoms with Gasteiger partial charge in [0.25, 0.3) is 0 Å². The third-order valence-corrected chi connectivity index (χ3v) is 3.33. The molecule has 88 valence electrons. The molecular formula is C17H15Zr-. The van der Waals surface area contributed by atoms with Crippen molar-refractivity contribution < 1.29 is 26.2 Å². The Balaban J connectivity index is 0.00000120. The molecule has 3 rings (SSSR count). The van der Waals surface area contributed by atoms with Crippen molar-refractivity contribution in [3.63, 3.8) is 0 Å². The normalized spacial score (nSPS) is 10.3. The monoisotopic (exact) mass is 309 g/mol. The number of hydrogen-bond donors (Lipinski definition) is 0. The van der Waals surface area contributed by atoms with Crippen molar-refractivity contribution in [3.05, 3.63) is 65.7 Å². The molecule has 0 radical (unpaired) electrons. The first kappa shape index (κ1) is 13.4. The van der Waals surface area contributed by atoms with Crippen molar-refractivity contribution in [2.24, 2.45) is 0 Å². The SMILES string of the molecule is Cc1cc2c(-c3ccccc3)ccc(C)c2[cH-]1.[Zr]. The van der Waals surface area contributed by atoms with Crippen molar-refractivity contribution in [1.29, 1.82) is 0 Å². The van der Waals surface area contributed by atoms with Gasteiger partial charge in [0, 0.05) is 26.2 Å². The van der Waals surface area contributed by atoms with Gasteiger partial charge in [0.2, 0.25) is 0 Å². The van der Waals surface area contributed by atoms with E-state index in [-0.39, 0.29) is 26.2 Å². The van der Waals surface area contributed by atoms with Crippen LogP contribution in [0, 0.1) is 13.8 Å². The maximum absolute atomic E-state index is 2.28. The summed E-state index contributed by atoms with van der Waals surface area (Å²) < 4.78 is 0. The largest absolute Gasteiger partial charge is 0.165 e. The third-order valence-electron chi connectivity index (χ3n) is 3.33. The van der Waals surface area contributed by atoms with E-state index < -0.39 is 0 Å². The molecule has 0 bridgehead atoms. The summed E-state index contributed by atoms with van der Waals surface area (Å²) >= 11 is 0. The van der Waals surface area contributed by atoms with Gasteiger partial charge in [0.05, 0.1) is 0 Å². The smallest absolute Gasteiger partial charge is 0 e. The Morgan fingerprint density at radius 2 is 1.61 bits per heavy atom. The molecule has 0 aliphatic rings. The van der Waals surface area contributed by atoms with E-state index >= 15 is 0 Å². The molecule has 0 nitrogen and oxygen atoms in total. The summed E-state index contributed by atoms with van der Waals surface area (Å²) in [6.45, 7) is 4.34. The van der Waals surface area contributed by atoms with Gasteiger partial charge in [0.1, 0.15) is 0 Å². The molecule has 0 heterocycles. The Kier molecular flexibility index (Phi) is 3.92. The number of fused-ring (bicyclic) bond motifs is 1. The molecule has 18 heavy (non-hydrogen) atoms. The number of rotatable bonds is 1. The van der Waals surface area contributed by atoms with E-state index in [1.807, 2.05) is 0 Å². The maximum Gasteiger partial charge on any atom is 0 e. The van der Waals surface area contributed by atoms with Gasteiger partial charge in [-0.3, -0.25) is 0 Å². The minimum Gasteiger partial charge on any atom is -0.165 e. The summed E-state index contributed by atoms with van der Waals surface area (Å²) in [4.78, 5) is 0. The van der Waals surface area contributed by atoms with E-state index in [0.717, 1.165) is 0 Å². The van der Waals surface area contributed by atoms with E-state index in [2.05, 4.69) is 68.4 Å². The van der Waals surface area contributed by atoms with Crippen LogP contribution in [0.4, 0.5) is 0 Å². The zero-order chi connectivity index (χ0) is 11.8. The fourth-order valence-electron chi connectivity index (χ4n) is 2.46. The van der Waals surface area contributed by atoms with Gasteiger partial charge in [-0.05, 0) is 5.56 Å². The fourth-order valence-corrected chi connectivity index (χ4v) is 2.46. The number of benzene rings is 2. The summed E-state index contributed by atoms with van der Waals surface area (Å²) in [6, 6.07) is 19.6. The summed E-state index contributed by atoms with van der Waals surface area (Å²) in [5.74, 6) is 0. The van der Waals surface area contributed by atoms with Crippen LogP contribution in [0.5, 0.6) is 0 Å². The molecule has 1 heteroatoms. The van der Waals surface area contributed by atoms with Gasteiger partial charge in [0.15, 0.2) is 0 Å². The Labute approximate surface area is 127 Å². The molecule has 0 fully saturated rings. The minimum absolute atomic E-state index is 0. The van der Waals surface area contributed by atoms with E-state index in [4.69, 9.17) is 0 Å². The molecule has 0 spiro atoms. The third kappa shape index (κ3) is 2.25. The van der Waals surface area contributed by atoms with Crippen LogP contribution in [0.15, 0.2) is 54.6 Å². The second kappa shape index (κ2) is 5.28. The second-order valence-electron chi connectivity index (χ2n) is 4.66. The maximum atomic E-state index is 2.28. The van der Waals surface area contributed by atoms with Crippen LogP contribution in [0.25, 0.3) is 21.9 Å². The molecule has 3 aromatic carbocycles. The topological polar surface area (TPSA) is 0 Å². The van der Waals surface area contributed by atoms with Gasteiger partial charge in [-0.25, -0.2) is 0 Å². The summed E-state index contributed by atoms with van der Waals surface area (Å²) in [5, 5.41) is 2.75. The Bertz CT molecular complexity index is 663. The van der Waals surface area contributed by atoms with Crippen molar-refractivity contribution in [1.82, 2.24) is 0 Å². The molecule has 0 aliphatic carbocycles.